The summed E-state index contributed by atoms with van der Waals surface area (Å²) in [7, 11) is -9.82. The third-order valence-electron chi connectivity index (χ3n) is 4.91. The summed E-state index contributed by atoms with van der Waals surface area (Å²) in [4.78, 5) is 102. The van der Waals surface area contributed by atoms with Crippen molar-refractivity contribution in [3.05, 3.63) is 0 Å². The van der Waals surface area contributed by atoms with Crippen LogP contribution in [0.5, 0.6) is 0 Å². The maximum Gasteiger partial charge on any atom is 0.333 e. The minimum Gasteiger partial charge on any atom is -0.462 e. The summed E-state index contributed by atoms with van der Waals surface area (Å²) in [6.07, 6.45) is -4.54. The van der Waals surface area contributed by atoms with Gasteiger partial charge in [0.25, 0.3) is 43.9 Å². The molecule has 20 nitrogen and oxygen atoms in total. The molecule has 2 rings (SSSR count). The highest BCUT2D eigenvalue weighted by molar-refractivity contribution is 7.87. The third-order valence-corrected chi connectivity index (χ3v) is 7.08. The van der Waals surface area contributed by atoms with Crippen molar-refractivity contribution >= 4 is 67.7 Å². The molecular weight excluding hydrogens is 596 g/mol. The SMILES string of the molecule is O=C(CCC(=O)ON1C(=O)C[C@@H](S(=O)(=O)O)C1=O)OCCOC(=O)CCC(=O)ON1C(=O)C[C@H](S(=O)(=O)O)C1=O. The first-order valence-corrected chi connectivity index (χ1v) is 13.8. The Morgan fingerprint density at radius 3 is 1.20 bits per heavy atom. The maximum atomic E-state index is 11.8. The zero-order valence-corrected chi connectivity index (χ0v) is 21.6. The highest BCUT2D eigenvalue weighted by atomic mass is 32.2. The minimum absolute atomic E-state index is 0.140. The minimum atomic E-state index is -4.91. The predicted molar refractivity (Wildman–Crippen MR) is 116 cm³/mol. The molecule has 4 amide bonds. The first-order valence-electron chi connectivity index (χ1n) is 10.8. The van der Waals surface area contributed by atoms with Crippen LogP contribution in [-0.2, 0) is 77.7 Å². The molecule has 222 valence electrons. The zero-order chi connectivity index (χ0) is 30.4. The second-order valence-corrected chi connectivity index (χ2v) is 11.0. The van der Waals surface area contributed by atoms with Crippen molar-refractivity contribution in [2.75, 3.05) is 13.2 Å². The van der Waals surface area contributed by atoms with Crippen molar-refractivity contribution in [1.29, 1.82) is 0 Å². The van der Waals surface area contributed by atoms with Gasteiger partial charge in [-0.05, 0) is 0 Å². The Morgan fingerprint density at radius 2 is 0.925 bits per heavy atom. The van der Waals surface area contributed by atoms with Gasteiger partial charge in [0.1, 0.15) is 13.2 Å². The normalized spacial score (nSPS) is 19.6. The Labute approximate surface area is 223 Å². The van der Waals surface area contributed by atoms with Gasteiger partial charge < -0.3 is 19.1 Å². The topological polar surface area (TPSA) is 289 Å². The smallest absolute Gasteiger partial charge is 0.333 e. The largest absolute Gasteiger partial charge is 0.462 e. The van der Waals surface area contributed by atoms with Gasteiger partial charge in [-0.3, -0.25) is 37.9 Å². The second-order valence-electron chi connectivity index (χ2n) is 7.84. The van der Waals surface area contributed by atoms with Gasteiger partial charge in [-0.25, -0.2) is 9.59 Å². The fraction of sp³-hybridized carbons (Fsp3) is 0.556. The Bertz CT molecular complexity index is 1230. The van der Waals surface area contributed by atoms with Crippen LogP contribution >= 0.6 is 0 Å². The lowest BCUT2D eigenvalue weighted by Gasteiger charge is -2.13. The van der Waals surface area contributed by atoms with E-state index in [9.17, 15) is 55.2 Å². The van der Waals surface area contributed by atoms with E-state index in [4.69, 9.17) is 9.11 Å². The summed E-state index contributed by atoms with van der Waals surface area (Å²) in [6, 6.07) is 0. The van der Waals surface area contributed by atoms with Crippen LogP contribution in [0.15, 0.2) is 0 Å². The van der Waals surface area contributed by atoms with Gasteiger partial charge in [0.2, 0.25) is 0 Å². The molecule has 0 aromatic heterocycles. The summed E-state index contributed by atoms with van der Waals surface area (Å²) in [6.45, 7) is -1.01. The number of hydrogen-bond donors (Lipinski definition) is 2. The van der Waals surface area contributed by atoms with Crippen LogP contribution in [0.4, 0.5) is 0 Å². The van der Waals surface area contributed by atoms with Gasteiger partial charge in [-0.2, -0.15) is 16.8 Å². The lowest BCUT2D eigenvalue weighted by Crippen LogP contribution is -2.36. The molecule has 0 unspecified atom stereocenters. The number of imide groups is 2. The van der Waals surface area contributed by atoms with Gasteiger partial charge in [-0.1, -0.05) is 0 Å². The second kappa shape index (κ2) is 12.9. The van der Waals surface area contributed by atoms with Crippen LogP contribution in [0.2, 0.25) is 0 Å². The van der Waals surface area contributed by atoms with Gasteiger partial charge in [0.05, 0.1) is 38.5 Å². The van der Waals surface area contributed by atoms with Gasteiger partial charge in [0.15, 0.2) is 10.5 Å². The average Bonchev–Trinajstić information content (AvgIpc) is 3.29. The van der Waals surface area contributed by atoms with E-state index in [-0.39, 0.29) is 10.1 Å². The van der Waals surface area contributed by atoms with Crippen LogP contribution in [0.25, 0.3) is 0 Å². The van der Waals surface area contributed by atoms with E-state index in [1.807, 2.05) is 0 Å². The molecule has 0 saturated carbocycles. The molecule has 0 spiro atoms. The zero-order valence-electron chi connectivity index (χ0n) is 19.9. The van der Waals surface area contributed by atoms with E-state index in [0.29, 0.717) is 0 Å². The molecule has 40 heavy (non-hydrogen) atoms. The lowest BCUT2D eigenvalue weighted by atomic mass is 10.3. The van der Waals surface area contributed by atoms with Crippen LogP contribution < -0.4 is 0 Å². The first kappa shape index (κ1) is 32.2. The number of nitrogens with zero attached hydrogens (tertiary/aromatic N) is 2. The molecule has 2 atom stereocenters. The van der Waals surface area contributed by atoms with Crippen molar-refractivity contribution in [2.45, 2.75) is 49.0 Å². The molecule has 2 heterocycles. The molecule has 0 bridgehead atoms. The van der Waals surface area contributed by atoms with Crippen molar-refractivity contribution in [3.63, 3.8) is 0 Å². The van der Waals surface area contributed by atoms with Crippen LogP contribution in [-0.4, -0.2) is 107 Å². The molecular formula is C18H20N2O18S2. The number of hydroxylamine groups is 4. The van der Waals surface area contributed by atoms with Gasteiger partial charge >= 0.3 is 23.9 Å². The van der Waals surface area contributed by atoms with Crippen molar-refractivity contribution in [3.8, 4) is 0 Å². The Kier molecular flexibility index (Phi) is 10.4. The highest BCUT2D eigenvalue weighted by Crippen LogP contribution is 2.21. The highest BCUT2D eigenvalue weighted by Gasteiger charge is 2.49. The Hall–Kier alpha value is -4.02. The summed E-state index contributed by atoms with van der Waals surface area (Å²) in [5, 5.41) is -4.52. The Balaban J connectivity index is 1.62. The van der Waals surface area contributed by atoms with Gasteiger partial charge in [0, 0.05) is 0 Å². The quantitative estimate of drug-likeness (QED) is 0.0881. The number of hydrogen-bond acceptors (Lipinski definition) is 16. The number of esters is 2. The summed E-state index contributed by atoms with van der Waals surface area (Å²) < 4.78 is 71.3. The third kappa shape index (κ3) is 8.75. The van der Waals surface area contributed by atoms with Crippen molar-refractivity contribution in [1.82, 2.24) is 10.1 Å². The number of ether oxygens (including phenoxy) is 2. The summed E-state index contributed by atoms with van der Waals surface area (Å²) in [5.74, 6) is -9.95. The Morgan fingerprint density at radius 1 is 0.625 bits per heavy atom. The average molecular weight is 616 g/mol. The van der Waals surface area contributed by atoms with Crippen LogP contribution in [0.1, 0.15) is 38.5 Å². The number of carbonyl (C=O) groups is 8. The van der Waals surface area contributed by atoms with E-state index >= 15 is 0 Å². The monoisotopic (exact) mass is 616 g/mol. The van der Waals surface area contributed by atoms with Crippen LogP contribution in [0, 0.1) is 0 Å². The van der Waals surface area contributed by atoms with Crippen molar-refractivity contribution < 1.29 is 83.4 Å². The molecule has 2 aliphatic rings. The van der Waals surface area contributed by atoms with E-state index in [2.05, 4.69) is 19.1 Å². The number of carbonyl (C=O) groups excluding carboxylic acids is 8. The van der Waals surface area contributed by atoms with E-state index in [0.717, 1.165) is 0 Å². The van der Waals surface area contributed by atoms with Gasteiger partial charge in [-0.15, -0.1) is 10.1 Å². The molecule has 2 N–H and O–H groups in total. The summed E-state index contributed by atoms with van der Waals surface area (Å²) >= 11 is 0. The summed E-state index contributed by atoms with van der Waals surface area (Å²) in [5.41, 5.74) is 0. The molecule has 22 heteroatoms. The molecule has 0 radical (unpaired) electrons. The fourth-order valence-electron chi connectivity index (χ4n) is 2.98. The van der Waals surface area contributed by atoms with E-state index in [1.54, 1.807) is 0 Å². The first-order chi connectivity index (χ1) is 18.4. The molecule has 2 saturated heterocycles. The van der Waals surface area contributed by atoms with Crippen LogP contribution in [0.3, 0.4) is 0 Å². The predicted octanol–water partition coefficient (Wildman–Crippen LogP) is -3.42. The number of rotatable bonds is 13. The molecule has 2 aliphatic heterocycles. The molecule has 0 aromatic rings. The molecule has 0 aliphatic carbocycles. The maximum absolute atomic E-state index is 11.8. The fourth-order valence-corrected chi connectivity index (χ4v) is 4.39. The molecule has 2 fully saturated rings. The molecule has 0 aromatic carbocycles. The standard InChI is InChI=1S/C18H20N2O18S2/c21-11-7-9(39(29,30)31)17(27)19(11)37-15(25)3-1-13(23)35-5-6-36-14(24)2-4-16(26)38-20-12(22)8-10(18(20)28)40(32,33)34/h9-10H,1-8H2,(H,29,30,31)(H,32,33,34)/t9-,10+. The number of amides is 4. The van der Waals surface area contributed by atoms with E-state index < -0.39 is 130 Å². The lowest BCUT2D eigenvalue weighted by molar-refractivity contribution is -0.197. The van der Waals surface area contributed by atoms with E-state index in [1.165, 1.54) is 0 Å². The van der Waals surface area contributed by atoms with Crippen molar-refractivity contribution in [2.24, 2.45) is 0 Å².